The summed E-state index contributed by atoms with van der Waals surface area (Å²) in [5.41, 5.74) is 10.3. The van der Waals surface area contributed by atoms with Crippen LogP contribution in [-0.4, -0.2) is 31.7 Å². The molecule has 0 fully saturated rings. The fourth-order valence-electron chi connectivity index (χ4n) is 3.53. The van der Waals surface area contributed by atoms with Gasteiger partial charge in [0.1, 0.15) is 21.2 Å². The highest BCUT2D eigenvalue weighted by Gasteiger charge is 2.23. The fourth-order valence-corrected chi connectivity index (χ4v) is 4.56. The van der Waals surface area contributed by atoms with Crippen LogP contribution in [0.4, 0.5) is 5.69 Å². The van der Waals surface area contributed by atoms with Gasteiger partial charge in [-0.3, -0.25) is 4.79 Å². The number of benzene rings is 2. The number of hydrogen-bond donors (Lipinski definition) is 2. The first-order chi connectivity index (χ1) is 15.6. The zero-order valence-electron chi connectivity index (χ0n) is 17.8. The number of ether oxygens (including phenoxy) is 2. The van der Waals surface area contributed by atoms with Gasteiger partial charge in [0.15, 0.2) is 0 Å². The maximum Gasteiger partial charge on any atom is 0.263 e. The van der Waals surface area contributed by atoms with E-state index in [9.17, 15) is 4.79 Å². The number of carbonyl (C=O) groups excluding carboxylic acids is 1. The van der Waals surface area contributed by atoms with E-state index in [-0.39, 0.29) is 5.91 Å². The molecule has 0 radical (unpaired) electrons. The Kier molecular flexibility index (Phi) is 6.09. The number of anilines is 1. The van der Waals surface area contributed by atoms with Crippen molar-refractivity contribution in [2.75, 3.05) is 26.5 Å². The van der Waals surface area contributed by atoms with Crippen molar-refractivity contribution in [2.24, 2.45) is 0 Å². The minimum atomic E-state index is -0.254. The monoisotopic (exact) mass is 445 g/mol. The van der Waals surface area contributed by atoms with E-state index in [1.54, 1.807) is 20.3 Å². The van der Waals surface area contributed by atoms with Crippen LogP contribution in [0, 0.1) is 0 Å². The smallest absolute Gasteiger partial charge is 0.263 e. The summed E-state index contributed by atoms with van der Waals surface area (Å²) in [6, 6.07) is 17.4. The first kappa shape index (κ1) is 21.4. The lowest BCUT2D eigenvalue weighted by molar-refractivity contribution is 0.0963. The zero-order chi connectivity index (χ0) is 22.7. The Bertz CT molecular complexity index is 1300. The number of hydrogen-bond acceptors (Lipinski definition) is 6. The Labute approximate surface area is 190 Å². The summed E-state index contributed by atoms with van der Waals surface area (Å²) in [6.07, 6.45) is 1.62. The van der Waals surface area contributed by atoms with Crippen molar-refractivity contribution in [1.82, 2.24) is 10.3 Å². The Morgan fingerprint density at radius 1 is 1.12 bits per heavy atom. The van der Waals surface area contributed by atoms with E-state index >= 15 is 0 Å². The average molecular weight is 446 g/mol. The Morgan fingerprint density at radius 2 is 1.91 bits per heavy atom. The largest absolute Gasteiger partial charge is 0.497 e. The van der Waals surface area contributed by atoms with Gasteiger partial charge < -0.3 is 20.5 Å². The molecule has 2 aromatic carbocycles. The van der Waals surface area contributed by atoms with Crippen LogP contribution in [-0.2, 0) is 0 Å². The third-order valence-electron chi connectivity index (χ3n) is 5.08. The number of amides is 1. The molecule has 0 unspecified atom stereocenters. The topological polar surface area (TPSA) is 86.5 Å². The molecule has 0 saturated heterocycles. The van der Waals surface area contributed by atoms with E-state index < -0.39 is 0 Å². The first-order valence-electron chi connectivity index (χ1n) is 9.97. The lowest BCUT2D eigenvalue weighted by Gasteiger charge is -2.13. The van der Waals surface area contributed by atoms with Crippen molar-refractivity contribution in [3.8, 4) is 33.9 Å². The van der Waals surface area contributed by atoms with Crippen LogP contribution in [0.3, 0.4) is 0 Å². The molecule has 0 bridgehead atoms. The maximum absolute atomic E-state index is 12.7. The third-order valence-corrected chi connectivity index (χ3v) is 6.18. The van der Waals surface area contributed by atoms with Gasteiger partial charge in [-0.25, -0.2) is 4.98 Å². The standard InChI is InChI=1S/C25H23N3O3S/c1-4-12-27-24(29)23-22(26)21-18(17-13-16(30-2)10-11-20(17)31-3)14-19(28-25(21)32-23)15-8-6-5-7-9-15/h4-11,13-14H,1,12,26H2,2-3H3,(H,27,29). The van der Waals surface area contributed by atoms with Gasteiger partial charge in [-0.2, -0.15) is 0 Å². The van der Waals surface area contributed by atoms with Crippen molar-refractivity contribution in [2.45, 2.75) is 0 Å². The number of nitrogens with two attached hydrogens (primary N) is 1. The molecule has 0 aliphatic rings. The summed E-state index contributed by atoms with van der Waals surface area (Å²) in [4.78, 5) is 18.7. The molecule has 7 heteroatoms. The van der Waals surface area contributed by atoms with Crippen molar-refractivity contribution in [1.29, 1.82) is 0 Å². The Balaban J connectivity index is 2.03. The van der Waals surface area contributed by atoms with Gasteiger partial charge in [-0.1, -0.05) is 36.4 Å². The summed E-state index contributed by atoms with van der Waals surface area (Å²) in [5.74, 6) is 1.10. The van der Waals surface area contributed by atoms with E-state index in [1.807, 2.05) is 54.6 Å². The quantitative estimate of drug-likeness (QED) is 0.385. The summed E-state index contributed by atoms with van der Waals surface area (Å²) in [6.45, 7) is 4.00. The van der Waals surface area contributed by atoms with Crippen LogP contribution in [0.5, 0.6) is 11.5 Å². The zero-order valence-corrected chi connectivity index (χ0v) is 18.7. The van der Waals surface area contributed by atoms with Gasteiger partial charge in [-0.15, -0.1) is 17.9 Å². The van der Waals surface area contributed by atoms with E-state index in [4.69, 9.17) is 20.2 Å². The van der Waals surface area contributed by atoms with Crippen molar-refractivity contribution in [3.05, 3.63) is 72.1 Å². The predicted octanol–water partition coefficient (Wildman–Crippen LogP) is 5.15. The van der Waals surface area contributed by atoms with Gasteiger partial charge in [0.25, 0.3) is 5.91 Å². The van der Waals surface area contributed by atoms with Crippen molar-refractivity contribution in [3.63, 3.8) is 0 Å². The van der Waals surface area contributed by atoms with Crippen molar-refractivity contribution < 1.29 is 14.3 Å². The highest BCUT2D eigenvalue weighted by Crippen LogP contribution is 2.44. The normalized spacial score (nSPS) is 10.7. The number of thiophene rings is 1. The molecule has 0 saturated carbocycles. The number of fused-ring (bicyclic) bond motifs is 1. The van der Waals surface area contributed by atoms with Gasteiger partial charge in [-0.05, 0) is 24.3 Å². The molecule has 3 N–H and O–H groups in total. The second-order valence-corrected chi connectivity index (χ2v) is 8.01. The minimum absolute atomic E-state index is 0.254. The van der Waals surface area contributed by atoms with E-state index in [0.29, 0.717) is 38.8 Å². The molecule has 4 rings (SSSR count). The molecule has 2 aromatic heterocycles. The SMILES string of the molecule is C=CCNC(=O)c1sc2nc(-c3ccccc3)cc(-c3cc(OC)ccc3OC)c2c1N. The number of pyridine rings is 1. The van der Waals surface area contributed by atoms with Crippen molar-refractivity contribution >= 4 is 33.1 Å². The molecule has 162 valence electrons. The molecule has 32 heavy (non-hydrogen) atoms. The number of nitrogens with one attached hydrogen (secondary N) is 1. The van der Waals surface area contributed by atoms with E-state index in [0.717, 1.165) is 22.4 Å². The van der Waals surface area contributed by atoms with Gasteiger partial charge in [0.2, 0.25) is 0 Å². The third kappa shape index (κ3) is 3.90. The molecule has 6 nitrogen and oxygen atoms in total. The highest BCUT2D eigenvalue weighted by atomic mass is 32.1. The lowest BCUT2D eigenvalue weighted by Crippen LogP contribution is -2.22. The second-order valence-electron chi connectivity index (χ2n) is 7.01. The molecule has 0 spiro atoms. The number of methoxy groups -OCH3 is 2. The van der Waals surface area contributed by atoms with Gasteiger partial charge >= 0.3 is 0 Å². The number of rotatable bonds is 7. The number of nitrogen functional groups attached to an aromatic ring is 1. The van der Waals surface area contributed by atoms with Gasteiger partial charge in [0.05, 0.1) is 25.6 Å². The average Bonchev–Trinajstić information content (AvgIpc) is 3.18. The number of nitrogens with zero attached hydrogens (tertiary/aromatic N) is 1. The predicted molar refractivity (Wildman–Crippen MR) is 131 cm³/mol. The summed E-state index contributed by atoms with van der Waals surface area (Å²) in [7, 11) is 3.23. The molecular formula is C25H23N3O3S. The lowest BCUT2D eigenvalue weighted by atomic mass is 9.98. The summed E-state index contributed by atoms with van der Waals surface area (Å²) >= 11 is 1.27. The summed E-state index contributed by atoms with van der Waals surface area (Å²) < 4.78 is 11.1. The Morgan fingerprint density at radius 3 is 2.59 bits per heavy atom. The van der Waals surface area contributed by atoms with Crippen LogP contribution in [0.25, 0.3) is 32.6 Å². The molecule has 0 aliphatic heterocycles. The minimum Gasteiger partial charge on any atom is -0.497 e. The maximum atomic E-state index is 12.7. The van der Waals surface area contributed by atoms with Crippen LogP contribution >= 0.6 is 11.3 Å². The van der Waals surface area contributed by atoms with E-state index in [2.05, 4.69) is 11.9 Å². The second kappa shape index (κ2) is 9.11. The molecular weight excluding hydrogens is 422 g/mol. The Hall–Kier alpha value is -3.84. The molecule has 1 amide bonds. The first-order valence-corrected chi connectivity index (χ1v) is 10.8. The number of carbonyl (C=O) groups is 1. The van der Waals surface area contributed by atoms with Crippen LogP contribution in [0.15, 0.2) is 67.3 Å². The highest BCUT2D eigenvalue weighted by molar-refractivity contribution is 7.21. The number of aromatic nitrogens is 1. The molecule has 0 aliphatic carbocycles. The van der Waals surface area contributed by atoms with E-state index in [1.165, 1.54) is 11.3 Å². The van der Waals surface area contributed by atoms with Crippen LogP contribution in [0.2, 0.25) is 0 Å². The molecule has 0 atom stereocenters. The fraction of sp³-hybridized carbons (Fsp3) is 0.120. The molecule has 2 heterocycles. The summed E-state index contributed by atoms with van der Waals surface area (Å²) in [5, 5.41) is 3.51. The van der Waals surface area contributed by atoms with Gasteiger partial charge in [0, 0.05) is 28.6 Å². The molecule has 4 aromatic rings. The van der Waals surface area contributed by atoms with Crippen LogP contribution in [0.1, 0.15) is 9.67 Å². The van der Waals surface area contributed by atoms with Crippen LogP contribution < -0.4 is 20.5 Å².